The highest BCUT2D eigenvalue weighted by Crippen LogP contribution is 2.54. The van der Waals surface area contributed by atoms with Gasteiger partial charge in [0.25, 0.3) is 0 Å². The first-order valence-corrected chi connectivity index (χ1v) is 29.5. The maximum absolute atomic E-state index is 2.77. The van der Waals surface area contributed by atoms with Crippen molar-refractivity contribution in [1.82, 2.24) is 4.40 Å². The minimum atomic E-state index is -1.75. The van der Waals surface area contributed by atoms with E-state index in [1.165, 1.54) is 120 Å². The van der Waals surface area contributed by atoms with Crippen molar-refractivity contribution in [3.05, 3.63) is 172 Å². The highest BCUT2D eigenvalue weighted by atomic mass is 32.1. The highest BCUT2D eigenvalue weighted by Gasteiger charge is 2.51. The second-order valence-electron chi connectivity index (χ2n) is 23.2. The minimum Gasteiger partial charge on any atom is -0.194 e. The van der Waals surface area contributed by atoms with Gasteiger partial charge >= 0.3 is 5.65 Å². The van der Waals surface area contributed by atoms with E-state index in [4.69, 9.17) is 0 Å². The van der Waals surface area contributed by atoms with Crippen LogP contribution in [0.25, 0.3) is 75.7 Å². The van der Waals surface area contributed by atoms with Gasteiger partial charge < -0.3 is 0 Å². The zero-order valence-electron chi connectivity index (χ0n) is 42.1. The first-order valence-electron chi connectivity index (χ1n) is 25.2. The summed E-state index contributed by atoms with van der Waals surface area (Å²) in [6.45, 7) is 29.0. The van der Waals surface area contributed by atoms with Crippen molar-refractivity contribution in [2.75, 3.05) is 0 Å². The third-order valence-electron chi connectivity index (χ3n) is 15.6. The predicted molar refractivity (Wildman–Crippen MR) is 293 cm³/mol. The summed E-state index contributed by atoms with van der Waals surface area (Å²) in [5, 5.41) is 7.16. The lowest BCUT2D eigenvalue weighted by atomic mass is 9.80. The smallest absolute Gasteiger partial charge is 0.194 e. The molecule has 0 saturated carbocycles. The molecule has 0 radical (unpaired) electrons. The molecule has 12 rings (SSSR count). The molecular weight excluding hydrogens is 859 g/mol. The van der Waals surface area contributed by atoms with Crippen molar-refractivity contribution >= 4 is 72.2 Å². The van der Waals surface area contributed by atoms with E-state index in [2.05, 4.69) is 223 Å². The Morgan fingerprint density at radius 2 is 1.37 bits per heavy atom. The Morgan fingerprint density at radius 3 is 2.07 bits per heavy atom. The lowest BCUT2D eigenvalue weighted by molar-refractivity contribution is -0.714. The normalized spacial score (nSPS) is 15.9. The third-order valence-corrected chi connectivity index (χ3v) is 19.0. The van der Waals surface area contributed by atoms with Gasteiger partial charge in [-0.3, -0.25) is 0 Å². The van der Waals surface area contributed by atoms with Gasteiger partial charge in [-0.1, -0.05) is 153 Å². The molecule has 0 N–H and O–H groups in total. The van der Waals surface area contributed by atoms with Crippen LogP contribution in [0.1, 0.15) is 117 Å². The molecule has 2 aliphatic rings. The summed E-state index contributed by atoms with van der Waals surface area (Å²) < 4.78 is 11.1. The quantitative estimate of drug-likeness (QED) is 0.116. The van der Waals surface area contributed by atoms with Crippen LogP contribution in [0, 0.1) is 19.3 Å². The van der Waals surface area contributed by atoms with E-state index in [0.29, 0.717) is 11.8 Å². The van der Waals surface area contributed by atoms with Gasteiger partial charge in [0.05, 0.1) is 36.1 Å². The van der Waals surface area contributed by atoms with Crippen LogP contribution in [0.3, 0.4) is 0 Å². The maximum Gasteiger partial charge on any atom is 0.302 e. The molecule has 3 nitrogen and oxygen atoms in total. The maximum atomic E-state index is 2.77. The van der Waals surface area contributed by atoms with Crippen LogP contribution in [-0.4, -0.2) is 12.5 Å². The largest absolute Gasteiger partial charge is 0.302 e. The molecule has 68 heavy (non-hydrogen) atoms. The molecule has 0 fully saturated rings. The first kappa shape index (κ1) is 43.4. The second-order valence-corrected chi connectivity index (χ2v) is 29.3. The number of imidazole rings is 1. The molecule has 4 aromatic heterocycles. The number of hydrogen-bond acceptors (Lipinski definition) is 1. The highest BCUT2D eigenvalue weighted by molar-refractivity contribution is 7.27. The summed E-state index contributed by atoms with van der Waals surface area (Å²) in [6, 6.07) is 47.4. The zero-order valence-corrected chi connectivity index (χ0v) is 43.9. The molecule has 0 saturated heterocycles. The number of hydrogen-bond donors (Lipinski definition) is 0. The van der Waals surface area contributed by atoms with E-state index in [-0.39, 0.29) is 17.4 Å². The number of benzene rings is 6. The van der Waals surface area contributed by atoms with Crippen LogP contribution in [0.5, 0.6) is 0 Å². The Balaban J connectivity index is 1.27. The fourth-order valence-corrected chi connectivity index (χ4v) is 15.7. The lowest BCUT2D eigenvalue weighted by Gasteiger charge is -2.30. The number of aryl methyl sites for hydroxylation is 2. The summed E-state index contributed by atoms with van der Waals surface area (Å²) in [5.74, 6) is 0.776. The van der Waals surface area contributed by atoms with E-state index in [1.807, 2.05) is 11.3 Å². The summed E-state index contributed by atoms with van der Waals surface area (Å²) in [5.41, 5.74) is 22.1. The first-order chi connectivity index (χ1) is 32.5. The molecule has 5 heteroatoms. The van der Waals surface area contributed by atoms with Gasteiger partial charge in [0, 0.05) is 43.4 Å². The zero-order chi connectivity index (χ0) is 47.3. The molecule has 6 aromatic carbocycles. The van der Waals surface area contributed by atoms with Crippen molar-refractivity contribution in [2.45, 2.75) is 119 Å². The molecule has 1 aliphatic carbocycles. The van der Waals surface area contributed by atoms with Crippen LogP contribution in [0.4, 0.5) is 0 Å². The number of aromatic nitrogens is 3. The van der Waals surface area contributed by atoms with E-state index < -0.39 is 8.07 Å². The van der Waals surface area contributed by atoms with Gasteiger partial charge in [0.2, 0.25) is 5.69 Å². The number of pyridine rings is 2. The molecule has 2 atom stereocenters. The molecule has 1 aliphatic heterocycles. The third kappa shape index (κ3) is 6.40. The summed E-state index contributed by atoms with van der Waals surface area (Å²) in [4.78, 5) is 0. The predicted octanol–water partition coefficient (Wildman–Crippen LogP) is 15.8. The van der Waals surface area contributed by atoms with Gasteiger partial charge in [0.15, 0.2) is 23.3 Å². The number of nitrogens with zero attached hydrogens (tertiary/aromatic N) is 3. The number of fused-ring (bicyclic) bond motifs is 19. The van der Waals surface area contributed by atoms with E-state index in [9.17, 15) is 0 Å². The summed E-state index contributed by atoms with van der Waals surface area (Å²) in [7, 11) is -1.75. The Bertz CT molecular complexity index is 3710. The van der Waals surface area contributed by atoms with Crippen molar-refractivity contribution in [3.63, 3.8) is 0 Å². The van der Waals surface area contributed by atoms with Crippen LogP contribution < -0.4 is 14.3 Å². The Kier molecular flexibility index (Phi) is 9.77. The molecule has 0 amide bonds. The second kappa shape index (κ2) is 15.3. The molecular formula is C63H65N3SSi+2. The van der Waals surface area contributed by atoms with Crippen molar-refractivity contribution in [1.29, 1.82) is 0 Å². The molecule has 5 heterocycles. The summed E-state index contributed by atoms with van der Waals surface area (Å²) >= 11 is 2.01. The van der Waals surface area contributed by atoms with Gasteiger partial charge in [-0.05, 0) is 107 Å². The molecule has 10 aromatic rings. The van der Waals surface area contributed by atoms with E-state index in [1.54, 1.807) is 5.19 Å². The van der Waals surface area contributed by atoms with Crippen molar-refractivity contribution in [3.8, 4) is 28.1 Å². The van der Waals surface area contributed by atoms with Gasteiger partial charge in [-0.15, -0.1) is 11.3 Å². The number of rotatable bonds is 6. The monoisotopic (exact) mass is 923 g/mol. The lowest BCUT2D eigenvalue weighted by Crippen LogP contribution is -2.53. The van der Waals surface area contributed by atoms with Crippen molar-refractivity contribution < 1.29 is 9.13 Å². The topological polar surface area (TPSA) is 12.2 Å². The fourth-order valence-electron chi connectivity index (χ4n) is 12.6. The Labute approximate surface area is 407 Å². The Morgan fingerprint density at radius 1 is 0.706 bits per heavy atom. The van der Waals surface area contributed by atoms with E-state index >= 15 is 0 Å². The average Bonchev–Trinajstić information content (AvgIpc) is 4.00. The molecule has 0 bridgehead atoms. The summed E-state index contributed by atoms with van der Waals surface area (Å²) in [6.07, 6.45) is 4.68. The van der Waals surface area contributed by atoms with E-state index in [0.717, 1.165) is 12.8 Å². The van der Waals surface area contributed by atoms with Gasteiger partial charge in [-0.25, -0.2) is 0 Å². The molecule has 340 valence electrons. The van der Waals surface area contributed by atoms with Crippen LogP contribution in [0.2, 0.25) is 19.6 Å². The van der Waals surface area contributed by atoms with Crippen LogP contribution in [0.15, 0.2) is 128 Å². The fraction of sp³-hybridized carbons (Fsp3) is 0.302. The number of thiophene rings is 1. The SMILES string of the molecule is Cc1ccc(C)c2c1sc1c2ccc2c3c(n4c5ccccc5[n+](-c5c(C(C)C)cc(-c6ccccc6)cc5C(C)C)c4c21)CC1C3c2ccccc2-c2cc(CC(C)(C)C)c([Si](C)(C)C)c[n+]21. The van der Waals surface area contributed by atoms with Gasteiger partial charge in [0.1, 0.15) is 11.4 Å². The Hall–Kier alpha value is -5.88. The van der Waals surface area contributed by atoms with Crippen LogP contribution >= 0.6 is 11.3 Å². The van der Waals surface area contributed by atoms with Crippen LogP contribution in [-0.2, 0) is 12.8 Å². The standard InChI is InChI=1S/C63H65N3SSi/c1-36(2)47-30-41(40-20-14-13-15-21-40)31-48(37(3)4)59(47)66-50-25-19-18-24-49(50)65-53-33-52-56(57(53)45-28-29-46-55-38(5)26-27-39(6)60(55)67-61(46)58(45)62(65)66)44-23-17-16-22-43(44)51-32-42(34-63(7,8)9)54(35-64(51)52)68(10,11)12/h13-32,35-37,52,56H,33-34H2,1-12H3/q+2. The number of para-hydroxylation sites is 2. The van der Waals surface area contributed by atoms with Crippen molar-refractivity contribution in [2.24, 2.45) is 5.41 Å². The molecule has 0 spiro atoms. The van der Waals surface area contributed by atoms with Gasteiger partial charge in [-0.2, -0.15) is 13.5 Å². The minimum absolute atomic E-state index is 0.185. The average molecular weight is 924 g/mol. The molecule has 2 unspecified atom stereocenters.